The van der Waals surface area contributed by atoms with E-state index in [9.17, 15) is 108 Å². The quantitative estimate of drug-likeness (QED) is 0.0207. The van der Waals surface area contributed by atoms with Crippen LogP contribution in [0, 0.1) is 5.92 Å². The van der Waals surface area contributed by atoms with Gasteiger partial charge in [0.25, 0.3) is 0 Å². The van der Waals surface area contributed by atoms with E-state index in [1.54, 1.807) is 105 Å². The molecule has 13 amide bonds. The number of phenolic OH excluding ortho intramolecular Hbond substituents is 1. The lowest BCUT2D eigenvalue weighted by Gasteiger charge is -2.33. The zero-order chi connectivity index (χ0) is 91.6. The highest BCUT2D eigenvalue weighted by atomic mass is 16.4. The maximum Gasteiger partial charge on any atom is 0.326 e. The number of aromatic nitrogens is 3. The number of carboxylic acid groups (broad SMARTS) is 4. The minimum Gasteiger partial charge on any atom is -0.508 e. The predicted octanol–water partition coefficient (Wildman–Crippen LogP) is -1.47. The van der Waals surface area contributed by atoms with E-state index in [4.69, 9.17) is 11.5 Å². The number of primary amides is 1. The van der Waals surface area contributed by atoms with Gasteiger partial charge in [-0.3, -0.25) is 76.7 Å². The molecule has 41 nitrogen and oxygen atoms in total. The number of aliphatic carboxylic acids is 4. The molecule has 25 N–H and O–H groups in total. The van der Waals surface area contributed by atoms with Gasteiger partial charge in [0.2, 0.25) is 76.8 Å². The number of benzene rings is 4. The van der Waals surface area contributed by atoms with Crippen molar-refractivity contribution in [3.05, 3.63) is 138 Å². The van der Waals surface area contributed by atoms with Crippen molar-refractivity contribution in [2.75, 3.05) is 6.54 Å². The number of likely N-dealkylation sites (tertiary alicyclic amines) is 1. The zero-order valence-electron chi connectivity index (χ0n) is 69.2. The fourth-order valence-electron chi connectivity index (χ4n) is 14.3. The zero-order valence-corrected chi connectivity index (χ0v) is 69.2. The number of carboxylic acids is 4. The molecule has 0 unspecified atom stereocenters. The van der Waals surface area contributed by atoms with Crippen LogP contribution in [0.25, 0.3) is 32.7 Å². The number of aromatic hydroxyl groups is 1. The number of nitrogens with one attached hydrogen (secondary N) is 14. The fraction of sp³-hybridized carbons (Fsp3) is 0.440. The summed E-state index contributed by atoms with van der Waals surface area (Å²) in [4.78, 5) is 245. The van der Waals surface area contributed by atoms with E-state index in [2.05, 4.69) is 73.4 Å². The van der Waals surface area contributed by atoms with Crippen molar-refractivity contribution in [2.45, 2.75) is 222 Å². The summed E-state index contributed by atoms with van der Waals surface area (Å²) in [7, 11) is 0. The number of nitrogens with two attached hydrogens (primary N) is 2. The second-order valence-corrected chi connectivity index (χ2v) is 31.0. The third-order valence-corrected chi connectivity index (χ3v) is 21.6. The molecule has 0 bridgehead atoms. The topological polar surface area (TPSA) is 667 Å². The summed E-state index contributed by atoms with van der Waals surface area (Å²) < 4.78 is 0. The molecule has 1 fully saturated rings. The minimum atomic E-state index is -1.94. The van der Waals surface area contributed by atoms with E-state index >= 15 is 9.59 Å². The molecule has 8 rings (SSSR count). The number of aromatic amines is 3. The summed E-state index contributed by atoms with van der Waals surface area (Å²) in [6, 6.07) is 4.46. The molecule has 672 valence electrons. The SMILES string of the molecule is CC[C@H](C)[C@H](NC(=O)[C@H](Cc1c[nH]c2ccccc12)NC(=O)[C@@H](NC(=O)[C@H](C)NC(=O)[C@H](CCC(N)=O)NC(=O)[C@H](Cc1c[nH]c2ccccc12)NC(=O)[C@H](Cc1ccc(O)cc1)NC(=O)[C@H](CCC(=O)O)NC(=O)[C@@H](N)[C@@H](C)O)[C@@H](C)O)C(=O)N1CCC[C@H]1C(=O)N[C@@H](CCC(=O)O)C(=O)N[C@@H](Cc1c[nH]c2ccccc12)C(=O)N[C@@H](CCC(=O)O)C(=O)O. The maximum absolute atomic E-state index is 15.2. The fourth-order valence-corrected chi connectivity index (χ4v) is 14.3. The first-order valence-electron chi connectivity index (χ1n) is 40.7. The Morgan fingerprint density at radius 1 is 0.424 bits per heavy atom. The summed E-state index contributed by atoms with van der Waals surface area (Å²) in [6.07, 6.45) is -4.26. The van der Waals surface area contributed by atoms with Gasteiger partial charge in [0.15, 0.2) is 0 Å². The van der Waals surface area contributed by atoms with Crippen LogP contribution in [0.4, 0.5) is 0 Å². The van der Waals surface area contributed by atoms with Crippen LogP contribution in [0.1, 0.15) is 128 Å². The number of fused-ring (bicyclic) bond motifs is 3. The van der Waals surface area contributed by atoms with Gasteiger partial charge >= 0.3 is 23.9 Å². The summed E-state index contributed by atoms with van der Waals surface area (Å²) in [5, 5.41) is 99.5. The highest BCUT2D eigenvalue weighted by Crippen LogP contribution is 2.27. The number of H-pyrrole nitrogens is 3. The third kappa shape index (κ3) is 27.6. The first-order valence-corrected chi connectivity index (χ1v) is 40.7. The van der Waals surface area contributed by atoms with Crippen molar-refractivity contribution in [1.29, 1.82) is 0 Å². The molecule has 4 aromatic carbocycles. The van der Waals surface area contributed by atoms with E-state index < -0.39 is 249 Å². The van der Waals surface area contributed by atoms with Gasteiger partial charge in [0.1, 0.15) is 84.3 Å². The normalized spacial score (nSPS) is 16.2. The van der Waals surface area contributed by atoms with E-state index in [0.29, 0.717) is 55.0 Å². The Balaban J connectivity index is 1.00. The van der Waals surface area contributed by atoms with Crippen molar-refractivity contribution in [3.63, 3.8) is 0 Å². The number of rotatable bonds is 48. The standard InChI is InChI=1S/C84H107N17O24/c1-6-41(2)70(83(123)101-33-13-20-64(101)80(120)92-57(26-30-66(106)107)74(114)96-62(36-47-39-88-54-18-11-8-15-51(47)54)78(118)94-59(84(124)125)28-32-68(110)111)99-79(119)63(37-48-40-89-55-19-12-9-16-52(48)55)98-82(122)71(44(5)103)100-72(112)42(3)90-73(113)56(25-29-65(85)105)91-77(117)61(35-46-38-87-53-17-10-7-14-50(46)53)97-76(116)60(34-45-21-23-49(104)24-22-45)95-75(115)58(27-31-67(108)109)93-81(121)69(86)43(4)102/h7-12,14-19,21-24,38-44,56-64,69-71,87-89,102-104H,6,13,20,25-37,86H2,1-5H3,(H2,85,105)(H,90,113)(H,91,117)(H,92,120)(H,93,121)(H,94,118)(H,95,115)(H,96,114)(H,97,116)(H,98,122)(H,99,119)(H,100,112)(H,106,107)(H,108,109)(H,110,111)(H,124,125)/t41-,42-,43+,44+,56-,57-,58-,59-,60-,61-,62-,63-,64-,69-,70-,71-/m0/s1. The van der Waals surface area contributed by atoms with E-state index in [-0.39, 0.29) is 57.2 Å². The molecule has 0 aliphatic carbocycles. The number of aliphatic hydroxyl groups excluding tert-OH is 2. The molecule has 0 radical (unpaired) electrons. The van der Waals surface area contributed by atoms with Crippen LogP contribution >= 0.6 is 0 Å². The Kier molecular flexibility index (Phi) is 35.1. The van der Waals surface area contributed by atoms with Crippen LogP contribution in [0.15, 0.2) is 116 Å². The highest BCUT2D eigenvalue weighted by Gasteiger charge is 2.43. The van der Waals surface area contributed by atoms with Crippen LogP contribution in [0.2, 0.25) is 0 Å². The predicted molar refractivity (Wildman–Crippen MR) is 447 cm³/mol. The largest absolute Gasteiger partial charge is 0.508 e. The lowest BCUT2D eigenvalue weighted by atomic mass is 9.96. The summed E-state index contributed by atoms with van der Waals surface area (Å²) in [6.45, 7) is 6.73. The number of phenols is 1. The van der Waals surface area contributed by atoms with Crippen LogP contribution in [0.5, 0.6) is 5.75 Å². The minimum absolute atomic E-state index is 0.0181. The molecule has 1 aliphatic rings. The molecule has 0 saturated carbocycles. The molecule has 0 spiro atoms. The molecule has 125 heavy (non-hydrogen) atoms. The smallest absolute Gasteiger partial charge is 0.326 e. The Hall–Kier alpha value is -13.8. The maximum atomic E-state index is 15.2. The first-order chi connectivity index (χ1) is 59.3. The number of aliphatic hydroxyl groups is 2. The van der Waals surface area contributed by atoms with E-state index in [0.717, 1.165) is 13.8 Å². The number of carbonyl (C=O) groups excluding carboxylic acids is 13. The van der Waals surface area contributed by atoms with Crippen molar-refractivity contribution in [3.8, 4) is 5.75 Å². The van der Waals surface area contributed by atoms with Gasteiger partial charge in [-0.15, -0.1) is 0 Å². The van der Waals surface area contributed by atoms with E-state index in [1.807, 2.05) is 0 Å². The lowest BCUT2D eigenvalue weighted by Crippen LogP contribution is -2.62. The van der Waals surface area contributed by atoms with Gasteiger partial charge in [0.05, 0.1) is 12.2 Å². The summed E-state index contributed by atoms with van der Waals surface area (Å²) in [5.41, 5.74) is 14.9. The van der Waals surface area contributed by atoms with Gasteiger partial charge in [0, 0.05) is 109 Å². The number of carbonyl (C=O) groups is 17. The van der Waals surface area contributed by atoms with Crippen molar-refractivity contribution in [1.82, 2.24) is 78.3 Å². The Morgan fingerprint density at radius 2 is 0.792 bits per heavy atom. The van der Waals surface area contributed by atoms with Gasteiger partial charge in [-0.1, -0.05) is 87.0 Å². The molecule has 1 aliphatic heterocycles. The average Bonchev–Trinajstić information content (AvgIpc) is 1.71. The van der Waals surface area contributed by atoms with E-state index in [1.165, 1.54) is 36.1 Å². The average molecular weight is 1740 g/mol. The van der Waals surface area contributed by atoms with Crippen molar-refractivity contribution < 1.29 is 117 Å². The molecule has 7 aromatic rings. The molecular weight excluding hydrogens is 1630 g/mol. The monoisotopic (exact) mass is 1740 g/mol. The molecule has 1 saturated heterocycles. The van der Waals surface area contributed by atoms with Crippen LogP contribution in [0.3, 0.4) is 0 Å². The number of nitrogens with zero attached hydrogens (tertiary/aromatic N) is 1. The van der Waals surface area contributed by atoms with Gasteiger partial charge in [-0.2, -0.15) is 0 Å². The number of hydrogen-bond donors (Lipinski definition) is 23. The van der Waals surface area contributed by atoms with Gasteiger partial charge in [-0.05, 0) is 118 Å². The second kappa shape index (κ2) is 45.3. The van der Waals surface area contributed by atoms with Gasteiger partial charge in [-0.25, -0.2) is 4.79 Å². The molecular formula is C84H107N17O24. The first kappa shape index (κ1) is 96.6. The highest BCUT2D eigenvalue weighted by molar-refractivity contribution is 6.02. The Labute approximate surface area is 715 Å². The van der Waals surface area contributed by atoms with Crippen LogP contribution in [-0.2, 0) is 107 Å². The summed E-state index contributed by atoms with van der Waals surface area (Å²) in [5.74, 6) is -20.2. The lowest BCUT2D eigenvalue weighted by molar-refractivity contribution is -0.144. The molecule has 41 heteroatoms. The molecule has 4 heterocycles. The number of para-hydroxylation sites is 3. The second-order valence-electron chi connectivity index (χ2n) is 31.0. The number of amides is 13. The number of hydrogen-bond acceptors (Lipinski definition) is 21. The third-order valence-electron chi connectivity index (χ3n) is 21.6. The molecule has 3 aromatic heterocycles. The Bertz CT molecular complexity index is 5080. The van der Waals surface area contributed by atoms with Crippen molar-refractivity contribution in [2.24, 2.45) is 17.4 Å². The van der Waals surface area contributed by atoms with Crippen LogP contribution in [-0.4, -0.2) is 254 Å². The Morgan fingerprint density at radius 3 is 1.22 bits per heavy atom. The molecule has 16 atom stereocenters. The van der Waals surface area contributed by atoms with Gasteiger partial charge < -0.3 is 126 Å². The van der Waals surface area contributed by atoms with Crippen molar-refractivity contribution >= 4 is 133 Å². The summed E-state index contributed by atoms with van der Waals surface area (Å²) >= 11 is 0. The van der Waals surface area contributed by atoms with Crippen LogP contribution < -0.4 is 70.0 Å².